The minimum atomic E-state index is -3.78. The van der Waals surface area contributed by atoms with Crippen LogP contribution in [0.25, 0.3) is 0 Å². The summed E-state index contributed by atoms with van der Waals surface area (Å²) in [4.78, 5) is 11.3. The Morgan fingerprint density at radius 1 is 1.03 bits per heavy atom. The lowest BCUT2D eigenvalue weighted by Gasteiger charge is -2.15. The summed E-state index contributed by atoms with van der Waals surface area (Å²) in [6.07, 6.45) is 1.62. The Labute approximate surface area is 169 Å². The largest absolute Gasteiger partial charge is 0.494 e. The van der Waals surface area contributed by atoms with Crippen LogP contribution in [0, 0.1) is 0 Å². The van der Waals surface area contributed by atoms with Gasteiger partial charge in [0.1, 0.15) is 11.4 Å². The molecule has 0 saturated heterocycles. The van der Waals surface area contributed by atoms with Crippen LogP contribution in [0.5, 0.6) is 5.75 Å². The average Bonchev–Trinajstić information content (AvgIpc) is 2.65. The molecule has 0 spiro atoms. The normalized spacial score (nSPS) is 11.1. The molecular weight excluding hydrogens is 396 g/mol. The summed E-state index contributed by atoms with van der Waals surface area (Å²) in [5.74, 6) is -0.136. The third kappa shape index (κ3) is 5.90. The molecule has 0 radical (unpaired) electrons. The first-order valence-corrected chi connectivity index (χ1v) is 10.4. The lowest BCUT2D eigenvalue weighted by molar-refractivity contribution is 0.1000. The number of sulfonamides is 1. The number of methoxy groups -OCH3 is 1. The monoisotopic (exact) mass is 422 g/mol. The summed E-state index contributed by atoms with van der Waals surface area (Å²) >= 11 is 0. The fraction of sp³-hybridized carbons (Fsp3) is 0.278. The molecule has 11 heteroatoms. The van der Waals surface area contributed by atoms with Crippen molar-refractivity contribution >= 4 is 38.7 Å². The van der Waals surface area contributed by atoms with Gasteiger partial charge >= 0.3 is 0 Å². The van der Waals surface area contributed by atoms with E-state index >= 15 is 0 Å². The smallest absolute Gasteiger partial charge is 0.248 e. The maximum absolute atomic E-state index is 11.3. The van der Waals surface area contributed by atoms with Crippen molar-refractivity contribution in [3.63, 3.8) is 0 Å². The second-order valence-corrected chi connectivity index (χ2v) is 7.92. The average molecular weight is 423 g/mol. The van der Waals surface area contributed by atoms with Crippen molar-refractivity contribution in [1.29, 1.82) is 0 Å². The molecule has 0 heterocycles. The first kappa shape index (κ1) is 22.1. The number of benzene rings is 2. The van der Waals surface area contributed by atoms with Crippen molar-refractivity contribution in [2.24, 2.45) is 10.9 Å². The van der Waals surface area contributed by atoms with E-state index < -0.39 is 15.9 Å². The Morgan fingerprint density at radius 3 is 2.24 bits per heavy atom. The van der Waals surface area contributed by atoms with Crippen molar-refractivity contribution in [2.45, 2.75) is 17.7 Å². The number of nitrogens with one attached hydrogen (secondary N) is 2. The topological polar surface area (TPSA) is 189 Å². The van der Waals surface area contributed by atoms with Crippen LogP contribution in [0.3, 0.4) is 0 Å². The van der Waals surface area contributed by atoms with E-state index in [9.17, 15) is 13.2 Å². The zero-order valence-electron chi connectivity index (χ0n) is 16.1. The molecule has 10 N–H and O–H groups in total. The molecule has 0 fully saturated rings. The molecule has 0 saturated carbocycles. The molecular formula is C18H26N6O4S. The van der Waals surface area contributed by atoms with E-state index in [0.29, 0.717) is 41.6 Å². The van der Waals surface area contributed by atoms with E-state index in [4.69, 9.17) is 27.1 Å². The number of primary sulfonamides is 1. The summed E-state index contributed by atoms with van der Waals surface area (Å²) in [6.45, 7) is 1.26. The van der Waals surface area contributed by atoms with E-state index in [0.717, 1.165) is 12.8 Å². The molecule has 2 aromatic rings. The minimum Gasteiger partial charge on any atom is -0.494 e. The van der Waals surface area contributed by atoms with Gasteiger partial charge in [0.2, 0.25) is 15.9 Å². The molecule has 29 heavy (non-hydrogen) atoms. The maximum atomic E-state index is 11.3. The van der Waals surface area contributed by atoms with E-state index in [-0.39, 0.29) is 10.5 Å². The number of carbonyl (C=O) groups excluding carboxylic acids is 1. The fourth-order valence-corrected chi connectivity index (χ4v) is 3.24. The van der Waals surface area contributed by atoms with Gasteiger partial charge in [0.25, 0.3) is 0 Å². The van der Waals surface area contributed by atoms with Gasteiger partial charge in [-0.15, -0.1) is 0 Å². The highest BCUT2D eigenvalue weighted by Crippen LogP contribution is 2.32. The van der Waals surface area contributed by atoms with Gasteiger partial charge in [-0.3, -0.25) is 4.79 Å². The highest BCUT2D eigenvalue weighted by molar-refractivity contribution is 7.89. The number of nitrogen functional groups attached to an aromatic ring is 2. The molecule has 0 aliphatic carbocycles. The van der Waals surface area contributed by atoms with Crippen LogP contribution in [0.1, 0.15) is 23.2 Å². The number of primary amides is 1. The molecule has 2 rings (SSSR count). The van der Waals surface area contributed by atoms with Crippen molar-refractivity contribution < 1.29 is 17.9 Å². The molecule has 0 aromatic heterocycles. The first-order chi connectivity index (χ1) is 13.6. The van der Waals surface area contributed by atoms with Crippen molar-refractivity contribution in [2.75, 3.05) is 42.3 Å². The molecule has 0 unspecified atom stereocenters. The molecule has 0 aliphatic heterocycles. The zero-order valence-corrected chi connectivity index (χ0v) is 16.9. The second kappa shape index (κ2) is 9.34. The van der Waals surface area contributed by atoms with Crippen LogP contribution in [0.2, 0.25) is 0 Å². The SMILES string of the molecule is COc1cc(C(N)=O)cc(N)c1NCCCCNc1ccc(S(N)(=O)=O)cc1N. The van der Waals surface area contributed by atoms with Gasteiger partial charge in [-0.25, -0.2) is 13.6 Å². The molecule has 0 aliphatic rings. The molecule has 0 bridgehead atoms. The van der Waals surface area contributed by atoms with Gasteiger partial charge < -0.3 is 32.6 Å². The summed E-state index contributed by atoms with van der Waals surface area (Å²) in [5.41, 5.74) is 19.3. The maximum Gasteiger partial charge on any atom is 0.248 e. The number of unbranched alkanes of at least 4 members (excludes halogenated alkanes) is 1. The van der Waals surface area contributed by atoms with Gasteiger partial charge in [0.05, 0.1) is 29.1 Å². The Balaban J connectivity index is 1.84. The quantitative estimate of drug-likeness (QED) is 0.240. The lowest BCUT2D eigenvalue weighted by Crippen LogP contribution is -2.14. The Morgan fingerprint density at radius 2 is 1.69 bits per heavy atom. The number of anilines is 4. The number of nitrogens with two attached hydrogens (primary N) is 4. The number of ether oxygens (including phenoxy) is 1. The third-order valence-corrected chi connectivity index (χ3v) is 5.12. The molecule has 158 valence electrons. The van der Waals surface area contributed by atoms with E-state index in [1.54, 1.807) is 6.07 Å². The lowest BCUT2D eigenvalue weighted by atomic mass is 10.1. The van der Waals surface area contributed by atoms with E-state index in [1.165, 1.54) is 31.4 Å². The number of carbonyl (C=O) groups is 1. The van der Waals surface area contributed by atoms with Crippen molar-refractivity contribution in [3.05, 3.63) is 35.9 Å². The second-order valence-electron chi connectivity index (χ2n) is 6.36. The molecule has 2 aromatic carbocycles. The van der Waals surface area contributed by atoms with Crippen molar-refractivity contribution in [3.8, 4) is 5.75 Å². The Bertz CT molecular complexity index is 994. The van der Waals surface area contributed by atoms with E-state index in [2.05, 4.69) is 10.6 Å². The number of amides is 1. The number of hydrogen-bond acceptors (Lipinski definition) is 8. The summed E-state index contributed by atoms with van der Waals surface area (Å²) in [7, 11) is -2.29. The van der Waals surface area contributed by atoms with E-state index in [1.807, 2.05) is 0 Å². The van der Waals surface area contributed by atoms with Crippen LogP contribution >= 0.6 is 0 Å². The summed E-state index contributed by atoms with van der Waals surface area (Å²) < 4.78 is 27.9. The van der Waals surface area contributed by atoms with Crippen LogP contribution in [0.15, 0.2) is 35.2 Å². The standard InChI is InChI=1S/C18H26N6O4S/c1-28-16-9-11(18(21)25)8-14(20)17(16)24-7-3-2-6-23-15-5-4-12(10-13(15)19)29(22,26)27/h4-5,8-10,23-24H,2-3,6-7,19-20H2,1H3,(H2,21,25)(H2,22,26,27). The predicted molar refractivity (Wildman–Crippen MR) is 114 cm³/mol. The first-order valence-electron chi connectivity index (χ1n) is 8.81. The van der Waals surface area contributed by atoms with Gasteiger partial charge in [-0.2, -0.15) is 0 Å². The van der Waals surface area contributed by atoms with Gasteiger partial charge in [-0.05, 0) is 43.2 Å². The molecule has 0 atom stereocenters. The van der Waals surface area contributed by atoms with Gasteiger partial charge in [0.15, 0.2) is 0 Å². The fourth-order valence-electron chi connectivity index (χ4n) is 2.69. The zero-order chi connectivity index (χ0) is 21.6. The minimum absolute atomic E-state index is 0.0290. The Kier molecular flexibility index (Phi) is 7.13. The third-order valence-electron chi connectivity index (χ3n) is 4.21. The van der Waals surface area contributed by atoms with Crippen LogP contribution < -0.4 is 37.7 Å². The summed E-state index contributed by atoms with van der Waals surface area (Å²) in [6, 6.07) is 7.35. The highest BCUT2D eigenvalue weighted by Gasteiger charge is 2.12. The van der Waals surface area contributed by atoms with Crippen LogP contribution in [-0.4, -0.2) is 34.5 Å². The molecule has 10 nitrogen and oxygen atoms in total. The van der Waals surface area contributed by atoms with Crippen molar-refractivity contribution in [1.82, 2.24) is 0 Å². The summed E-state index contributed by atoms with van der Waals surface area (Å²) in [5, 5.41) is 11.4. The number of hydrogen-bond donors (Lipinski definition) is 6. The van der Waals surface area contributed by atoms with Gasteiger partial charge in [-0.1, -0.05) is 0 Å². The Hall–Kier alpha value is -3.18. The predicted octanol–water partition coefficient (Wildman–Crippen LogP) is 0.910. The van der Waals surface area contributed by atoms with Gasteiger partial charge in [0, 0.05) is 18.7 Å². The molecule has 1 amide bonds. The van der Waals surface area contributed by atoms with Crippen LogP contribution in [0.4, 0.5) is 22.7 Å². The van der Waals surface area contributed by atoms with Crippen LogP contribution in [-0.2, 0) is 10.0 Å². The highest BCUT2D eigenvalue weighted by atomic mass is 32.2. The number of rotatable bonds is 10.